The normalized spacial score (nSPS) is 16.3. The summed E-state index contributed by atoms with van der Waals surface area (Å²) in [5, 5.41) is 0. The molecule has 0 bridgehead atoms. The summed E-state index contributed by atoms with van der Waals surface area (Å²) in [7, 11) is 0. The summed E-state index contributed by atoms with van der Waals surface area (Å²) in [6, 6.07) is 6.85. The molecule has 0 spiro atoms. The summed E-state index contributed by atoms with van der Waals surface area (Å²) in [4.78, 5) is 8.61. The first-order valence-corrected chi connectivity index (χ1v) is 10.2. The van der Waals surface area contributed by atoms with Crippen LogP contribution < -0.4 is 0 Å². The molecule has 0 saturated carbocycles. The van der Waals surface area contributed by atoms with Crippen LogP contribution in [0.4, 0.5) is 0 Å². The standard InChI is InChI=1S/C23H32N4/c1-4-6-8-24-10-12-26(19-24)17-22-14-21(3)15-23(16-22)18-27-13-11-25(20-27)9-7-5-2/h10-16H,4-9,17-18H2,1-3H3. The fourth-order valence-corrected chi connectivity index (χ4v) is 3.39. The highest BCUT2D eigenvalue weighted by atomic mass is 15.3. The maximum Gasteiger partial charge on any atom is 0.208 e. The largest absolute Gasteiger partial charge is 0.346 e. The van der Waals surface area contributed by atoms with E-state index in [0.29, 0.717) is 0 Å². The van der Waals surface area contributed by atoms with Gasteiger partial charge in [-0.25, -0.2) is 0 Å². The van der Waals surface area contributed by atoms with Gasteiger partial charge in [0.15, 0.2) is 0 Å². The van der Waals surface area contributed by atoms with Gasteiger partial charge in [-0.1, -0.05) is 50.5 Å². The Balaban J connectivity index is 1.53. The van der Waals surface area contributed by atoms with Crippen molar-refractivity contribution in [2.45, 2.75) is 59.5 Å². The summed E-state index contributed by atoms with van der Waals surface area (Å²) in [5.41, 5.74) is 3.95. The van der Waals surface area contributed by atoms with E-state index in [1.54, 1.807) is 0 Å². The van der Waals surface area contributed by atoms with Crippen LogP contribution in [0.1, 0.15) is 56.2 Å². The summed E-state index contributed by atoms with van der Waals surface area (Å²) >= 11 is 0. The van der Waals surface area contributed by atoms with Gasteiger partial charge in [0.1, 0.15) is 0 Å². The van der Waals surface area contributed by atoms with E-state index in [2.05, 4.69) is 96.7 Å². The third kappa shape index (κ3) is 5.95. The quantitative estimate of drug-likeness (QED) is 0.593. The summed E-state index contributed by atoms with van der Waals surface area (Å²) < 4.78 is 0. The maximum absolute atomic E-state index is 3.43. The maximum atomic E-state index is 3.43. The number of hydrogen-bond acceptors (Lipinski definition) is 4. The van der Waals surface area contributed by atoms with Crippen LogP contribution in [0.3, 0.4) is 0 Å². The van der Waals surface area contributed by atoms with Crippen LogP contribution in [0.2, 0.25) is 0 Å². The number of nitrogens with zero attached hydrogens (tertiary/aromatic N) is 4. The third-order valence-electron chi connectivity index (χ3n) is 4.77. The van der Waals surface area contributed by atoms with Crippen molar-refractivity contribution in [1.29, 1.82) is 0 Å². The van der Waals surface area contributed by atoms with Crippen LogP contribution in [0.5, 0.6) is 0 Å². The van der Waals surface area contributed by atoms with Crippen molar-refractivity contribution in [3.8, 4) is 0 Å². The second-order valence-corrected chi connectivity index (χ2v) is 7.47. The van der Waals surface area contributed by atoms with Gasteiger partial charge < -0.3 is 19.6 Å². The Bertz CT molecular complexity index is 600. The average molecular weight is 365 g/mol. The van der Waals surface area contributed by atoms with E-state index in [1.165, 1.54) is 42.4 Å². The first kappa shape index (κ1) is 19.7. The second-order valence-electron chi connectivity index (χ2n) is 7.47. The van der Waals surface area contributed by atoms with Gasteiger partial charge in [-0.2, -0.15) is 0 Å². The van der Waals surface area contributed by atoms with Crippen molar-refractivity contribution >= 4 is 0 Å². The molecule has 0 atom stereocenters. The molecule has 3 rings (SSSR count). The van der Waals surface area contributed by atoms with Gasteiger partial charge >= 0.3 is 0 Å². The van der Waals surface area contributed by atoms with Gasteiger partial charge in [0.05, 0.1) is 0 Å². The number of rotatable bonds is 10. The lowest BCUT2D eigenvalue weighted by Crippen LogP contribution is -2.21. The van der Waals surface area contributed by atoms with Crippen molar-refractivity contribution in [2.24, 2.45) is 0 Å². The third-order valence-corrected chi connectivity index (χ3v) is 4.77. The predicted molar refractivity (Wildman–Crippen MR) is 110 cm³/mol. The Kier molecular flexibility index (Phi) is 7.08. The Morgan fingerprint density at radius 3 is 1.56 bits per heavy atom. The summed E-state index contributed by atoms with van der Waals surface area (Å²) in [5.74, 6) is 0. The number of unbranched alkanes of at least 4 members (excludes halogenated alkanes) is 2. The Labute approximate surface area is 165 Å². The molecule has 2 heterocycles. The van der Waals surface area contributed by atoms with Crippen LogP contribution in [0, 0.1) is 20.3 Å². The second kappa shape index (κ2) is 9.72. The van der Waals surface area contributed by atoms with Crippen LogP contribution >= 0.6 is 0 Å². The first-order valence-electron chi connectivity index (χ1n) is 10.2. The van der Waals surface area contributed by atoms with E-state index in [0.717, 1.165) is 26.2 Å². The monoisotopic (exact) mass is 364 g/mol. The SMILES string of the molecule is CCCCN1[C]N(Cc2cc(C)cc(CN3[C]N(CCCC)C=C3)c2)C=C1. The van der Waals surface area contributed by atoms with Crippen LogP contribution in [-0.4, -0.2) is 32.7 Å². The molecule has 4 nitrogen and oxygen atoms in total. The number of hydrogen-bond donors (Lipinski definition) is 0. The van der Waals surface area contributed by atoms with Gasteiger partial charge in [0.25, 0.3) is 0 Å². The van der Waals surface area contributed by atoms with Crippen molar-refractivity contribution < 1.29 is 0 Å². The molecule has 0 unspecified atom stereocenters. The minimum atomic E-state index is 0.861. The summed E-state index contributed by atoms with van der Waals surface area (Å²) in [6.07, 6.45) is 13.3. The predicted octanol–water partition coefficient (Wildman–Crippen LogP) is 4.77. The zero-order chi connectivity index (χ0) is 19.1. The highest BCUT2D eigenvalue weighted by Crippen LogP contribution is 2.21. The van der Waals surface area contributed by atoms with Crippen LogP contribution in [0.25, 0.3) is 0 Å². The molecule has 2 aliphatic heterocycles. The molecule has 27 heavy (non-hydrogen) atoms. The molecule has 4 heteroatoms. The van der Waals surface area contributed by atoms with E-state index in [4.69, 9.17) is 0 Å². The molecule has 0 aliphatic carbocycles. The van der Waals surface area contributed by atoms with Crippen LogP contribution in [0.15, 0.2) is 43.0 Å². The molecular formula is C23H32N4. The Hall–Kier alpha value is -2.10. The number of benzene rings is 1. The molecule has 0 N–H and O–H groups in total. The molecular weight excluding hydrogens is 332 g/mol. The zero-order valence-corrected chi connectivity index (χ0v) is 17.0. The van der Waals surface area contributed by atoms with Crippen molar-refractivity contribution in [3.63, 3.8) is 0 Å². The van der Waals surface area contributed by atoms with E-state index in [9.17, 15) is 0 Å². The highest BCUT2D eigenvalue weighted by Gasteiger charge is 2.17. The van der Waals surface area contributed by atoms with Crippen molar-refractivity contribution in [3.05, 3.63) is 73.0 Å². The molecule has 0 amide bonds. The lowest BCUT2D eigenvalue weighted by Gasteiger charge is -2.21. The smallest absolute Gasteiger partial charge is 0.208 e. The van der Waals surface area contributed by atoms with Gasteiger partial charge in [0.2, 0.25) is 13.3 Å². The summed E-state index contributed by atoms with van der Waals surface area (Å²) in [6.45, 7) is 17.3. The van der Waals surface area contributed by atoms with Gasteiger partial charge in [0, 0.05) is 51.0 Å². The van der Waals surface area contributed by atoms with Gasteiger partial charge in [-0.3, -0.25) is 0 Å². The van der Waals surface area contributed by atoms with Crippen molar-refractivity contribution in [2.75, 3.05) is 13.1 Å². The lowest BCUT2D eigenvalue weighted by atomic mass is 10.1. The Morgan fingerprint density at radius 2 is 1.11 bits per heavy atom. The molecule has 2 aliphatic rings. The fourth-order valence-electron chi connectivity index (χ4n) is 3.39. The zero-order valence-electron chi connectivity index (χ0n) is 17.0. The highest BCUT2D eigenvalue weighted by molar-refractivity contribution is 5.30. The minimum absolute atomic E-state index is 0.861. The molecule has 1 aromatic carbocycles. The van der Waals surface area contributed by atoms with Crippen molar-refractivity contribution in [1.82, 2.24) is 19.6 Å². The number of aryl methyl sites for hydroxylation is 1. The fraction of sp³-hybridized carbons (Fsp3) is 0.478. The molecule has 144 valence electrons. The molecule has 0 saturated heterocycles. The van der Waals surface area contributed by atoms with Gasteiger partial charge in [-0.05, 0) is 30.9 Å². The molecule has 4 radical (unpaired) electrons. The molecule has 0 aromatic heterocycles. The van der Waals surface area contributed by atoms with E-state index in [-0.39, 0.29) is 0 Å². The molecule has 1 aromatic rings. The van der Waals surface area contributed by atoms with Gasteiger partial charge in [-0.15, -0.1) is 0 Å². The molecule has 0 fully saturated rings. The first-order chi connectivity index (χ1) is 13.2. The van der Waals surface area contributed by atoms with E-state index < -0.39 is 0 Å². The Morgan fingerprint density at radius 1 is 0.667 bits per heavy atom. The topological polar surface area (TPSA) is 13.0 Å². The lowest BCUT2D eigenvalue weighted by molar-refractivity contribution is 0.332. The van der Waals surface area contributed by atoms with E-state index in [1.807, 2.05) is 0 Å². The van der Waals surface area contributed by atoms with E-state index >= 15 is 0 Å². The minimum Gasteiger partial charge on any atom is -0.346 e. The van der Waals surface area contributed by atoms with Crippen LogP contribution in [-0.2, 0) is 13.1 Å². The average Bonchev–Trinajstić information content (AvgIpc) is 3.27.